The number of rotatable bonds is 8. The molecule has 1 aromatic carbocycles. The number of benzene rings is 1. The van der Waals surface area contributed by atoms with E-state index in [2.05, 4.69) is 11.8 Å². The fourth-order valence-electron chi connectivity index (χ4n) is 4.35. The summed E-state index contributed by atoms with van der Waals surface area (Å²) < 4.78 is 24.9. The predicted octanol–water partition coefficient (Wildman–Crippen LogP) is 4.40. The summed E-state index contributed by atoms with van der Waals surface area (Å²) >= 11 is 0. The number of halogens is 1. The zero-order valence-corrected chi connectivity index (χ0v) is 15.5. The van der Waals surface area contributed by atoms with Gasteiger partial charge in [0.25, 0.3) is 0 Å². The van der Waals surface area contributed by atoms with Crippen LogP contribution in [0.15, 0.2) is 24.3 Å². The quantitative estimate of drug-likeness (QED) is 0.694. The first-order valence-corrected chi connectivity index (χ1v) is 9.94. The van der Waals surface area contributed by atoms with E-state index >= 15 is 0 Å². The van der Waals surface area contributed by atoms with E-state index in [4.69, 9.17) is 9.47 Å². The van der Waals surface area contributed by atoms with Gasteiger partial charge in [-0.2, -0.15) is 0 Å². The van der Waals surface area contributed by atoms with Crippen molar-refractivity contribution in [3.8, 4) is 0 Å². The van der Waals surface area contributed by atoms with Gasteiger partial charge in [0.2, 0.25) is 0 Å². The minimum atomic E-state index is -0.269. The summed E-state index contributed by atoms with van der Waals surface area (Å²) in [5.74, 6) is 0.248. The minimum Gasteiger partial charge on any atom is -0.348 e. The van der Waals surface area contributed by atoms with Gasteiger partial charge in [-0.05, 0) is 68.8 Å². The fourth-order valence-corrected chi connectivity index (χ4v) is 4.35. The number of hydrogen-bond donors (Lipinski definition) is 0. The van der Waals surface area contributed by atoms with Crippen molar-refractivity contribution in [2.75, 3.05) is 32.8 Å². The Morgan fingerprint density at radius 3 is 2.64 bits per heavy atom. The minimum absolute atomic E-state index is 0.154. The van der Waals surface area contributed by atoms with Crippen molar-refractivity contribution in [2.45, 2.75) is 57.7 Å². The second-order valence-electron chi connectivity index (χ2n) is 7.60. The highest BCUT2D eigenvalue weighted by Crippen LogP contribution is 2.39. The maximum Gasteiger partial charge on any atom is 0.168 e. The molecule has 1 aromatic rings. The van der Waals surface area contributed by atoms with Crippen LogP contribution in [0.3, 0.4) is 0 Å². The highest BCUT2D eigenvalue weighted by atomic mass is 19.1. The monoisotopic (exact) mass is 349 g/mol. The first-order chi connectivity index (χ1) is 12.2. The molecule has 1 saturated heterocycles. The topological polar surface area (TPSA) is 21.7 Å². The molecule has 0 radical (unpaired) electrons. The SMILES string of the molecule is CCCN(CCCc1ccc(F)cc1)C[C@H]1CCCC2(C1)OCCO2. The average molecular weight is 349 g/mol. The average Bonchev–Trinajstić information content (AvgIpc) is 3.04. The van der Waals surface area contributed by atoms with E-state index in [1.54, 1.807) is 12.1 Å². The van der Waals surface area contributed by atoms with E-state index < -0.39 is 0 Å². The van der Waals surface area contributed by atoms with Crippen molar-refractivity contribution in [3.05, 3.63) is 35.6 Å². The summed E-state index contributed by atoms with van der Waals surface area (Å²) in [4.78, 5) is 2.60. The molecule has 0 N–H and O–H groups in total. The third-order valence-electron chi connectivity index (χ3n) is 5.49. The van der Waals surface area contributed by atoms with E-state index in [9.17, 15) is 4.39 Å². The van der Waals surface area contributed by atoms with Crippen molar-refractivity contribution in [3.63, 3.8) is 0 Å². The molecule has 1 heterocycles. The standard InChI is InChI=1S/C21H32FNO2/c1-2-12-23(13-4-6-18-7-9-20(22)10-8-18)17-19-5-3-11-21(16-19)24-14-15-25-21/h7-10,19H,2-6,11-17H2,1H3/t19-/m0/s1. The third-order valence-corrected chi connectivity index (χ3v) is 5.49. The van der Waals surface area contributed by atoms with Gasteiger partial charge in [0.1, 0.15) is 5.82 Å². The van der Waals surface area contributed by atoms with Crippen molar-refractivity contribution in [1.29, 1.82) is 0 Å². The molecule has 1 atom stereocenters. The van der Waals surface area contributed by atoms with Crippen LogP contribution in [0.1, 0.15) is 51.0 Å². The molecule has 0 aromatic heterocycles. The number of ether oxygens (including phenoxy) is 2. The molecule has 2 aliphatic rings. The molecule has 0 bridgehead atoms. The van der Waals surface area contributed by atoms with Crippen LogP contribution in [0.25, 0.3) is 0 Å². The molecular weight excluding hydrogens is 317 g/mol. The molecule has 0 amide bonds. The Labute approximate surface area is 151 Å². The van der Waals surface area contributed by atoms with Crippen molar-refractivity contribution in [1.82, 2.24) is 4.90 Å². The summed E-state index contributed by atoms with van der Waals surface area (Å²) in [5, 5.41) is 0. The Kier molecular flexibility index (Phi) is 6.85. The number of aryl methyl sites for hydroxylation is 1. The summed E-state index contributed by atoms with van der Waals surface area (Å²) in [6.07, 6.45) is 7.92. The number of hydrogen-bond acceptors (Lipinski definition) is 3. The zero-order valence-electron chi connectivity index (χ0n) is 15.5. The van der Waals surface area contributed by atoms with Crippen LogP contribution in [-0.4, -0.2) is 43.5 Å². The molecule has 3 nitrogen and oxygen atoms in total. The number of nitrogens with zero attached hydrogens (tertiary/aromatic N) is 1. The Bertz CT molecular complexity index is 513. The molecule has 25 heavy (non-hydrogen) atoms. The van der Waals surface area contributed by atoms with E-state index in [1.165, 1.54) is 24.8 Å². The first kappa shape index (κ1) is 18.8. The Morgan fingerprint density at radius 2 is 1.92 bits per heavy atom. The lowest BCUT2D eigenvalue weighted by Crippen LogP contribution is -2.41. The summed E-state index contributed by atoms with van der Waals surface area (Å²) in [6.45, 7) is 7.15. The van der Waals surface area contributed by atoms with Gasteiger partial charge in [0, 0.05) is 19.4 Å². The second kappa shape index (κ2) is 9.11. The lowest BCUT2D eigenvalue weighted by molar-refractivity contribution is -0.188. The highest BCUT2D eigenvalue weighted by molar-refractivity contribution is 5.16. The molecule has 2 fully saturated rings. The summed E-state index contributed by atoms with van der Waals surface area (Å²) in [7, 11) is 0. The summed E-state index contributed by atoms with van der Waals surface area (Å²) in [6, 6.07) is 6.92. The van der Waals surface area contributed by atoms with Gasteiger partial charge in [0.15, 0.2) is 5.79 Å². The van der Waals surface area contributed by atoms with Gasteiger partial charge in [0.05, 0.1) is 13.2 Å². The van der Waals surface area contributed by atoms with Crippen molar-refractivity contribution >= 4 is 0 Å². The van der Waals surface area contributed by atoms with Gasteiger partial charge in [-0.15, -0.1) is 0 Å². The molecule has 4 heteroatoms. The largest absolute Gasteiger partial charge is 0.348 e. The van der Waals surface area contributed by atoms with Gasteiger partial charge in [-0.3, -0.25) is 0 Å². The molecule has 140 valence electrons. The van der Waals surface area contributed by atoms with Gasteiger partial charge in [-0.1, -0.05) is 19.1 Å². The molecular formula is C21H32FNO2. The lowest BCUT2D eigenvalue weighted by atomic mass is 9.84. The van der Waals surface area contributed by atoms with Crippen LogP contribution in [-0.2, 0) is 15.9 Å². The van der Waals surface area contributed by atoms with E-state index in [0.29, 0.717) is 5.92 Å². The van der Waals surface area contributed by atoms with Crippen LogP contribution in [0.5, 0.6) is 0 Å². The lowest BCUT2D eigenvalue weighted by Gasteiger charge is -2.38. The van der Waals surface area contributed by atoms with E-state index in [-0.39, 0.29) is 11.6 Å². The predicted molar refractivity (Wildman–Crippen MR) is 98.0 cm³/mol. The molecule has 3 rings (SSSR count). The highest BCUT2D eigenvalue weighted by Gasteiger charge is 2.41. The molecule has 1 saturated carbocycles. The van der Waals surface area contributed by atoms with Crippen LogP contribution < -0.4 is 0 Å². The van der Waals surface area contributed by atoms with Gasteiger partial charge in [-0.25, -0.2) is 4.39 Å². The van der Waals surface area contributed by atoms with Crippen LogP contribution in [0.2, 0.25) is 0 Å². The van der Waals surface area contributed by atoms with Crippen LogP contribution >= 0.6 is 0 Å². The maximum absolute atomic E-state index is 13.0. The molecule has 1 spiro atoms. The molecule has 1 aliphatic carbocycles. The van der Waals surface area contributed by atoms with Gasteiger partial charge >= 0.3 is 0 Å². The van der Waals surface area contributed by atoms with Crippen LogP contribution in [0.4, 0.5) is 4.39 Å². The van der Waals surface area contributed by atoms with Gasteiger partial charge < -0.3 is 14.4 Å². The van der Waals surface area contributed by atoms with Crippen LogP contribution in [0, 0.1) is 11.7 Å². The van der Waals surface area contributed by atoms with E-state index in [1.807, 2.05) is 12.1 Å². The second-order valence-corrected chi connectivity index (χ2v) is 7.60. The third kappa shape index (κ3) is 5.50. The maximum atomic E-state index is 13.0. The smallest absolute Gasteiger partial charge is 0.168 e. The Morgan fingerprint density at radius 1 is 1.16 bits per heavy atom. The van der Waals surface area contributed by atoms with Crippen molar-refractivity contribution < 1.29 is 13.9 Å². The van der Waals surface area contributed by atoms with E-state index in [0.717, 1.165) is 58.5 Å². The molecule has 1 aliphatic heterocycles. The molecule has 0 unspecified atom stereocenters. The van der Waals surface area contributed by atoms with Crippen molar-refractivity contribution in [2.24, 2.45) is 5.92 Å². The zero-order chi connectivity index (χ0) is 17.5. The normalized spacial score (nSPS) is 22.8. The fraction of sp³-hybridized carbons (Fsp3) is 0.714. The summed E-state index contributed by atoms with van der Waals surface area (Å²) in [5.41, 5.74) is 1.22. The first-order valence-electron chi connectivity index (χ1n) is 9.94. The Hall–Kier alpha value is -0.970. The Balaban J connectivity index is 1.46.